The molecular weight excluding hydrogens is 348 g/mol. The molecule has 1 unspecified atom stereocenters. The molecule has 5 heteroatoms. The molecule has 0 bridgehead atoms. The fourth-order valence-corrected chi connectivity index (χ4v) is 3.66. The fourth-order valence-electron chi connectivity index (χ4n) is 3.40. The Hall–Kier alpha value is -2.04. The number of carbonyl (C=O) groups is 1. The molecule has 0 radical (unpaired) electrons. The lowest BCUT2D eigenvalue weighted by Gasteiger charge is -2.28. The number of hydrogen-bond donors (Lipinski definition) is 1. The van der Waals surface area contributed by atoms with Gasteiger partial charge in [-0.25, -0.2) is 0 Å². The lowest BCUT2D eigenvalue weighted by Crippen LogP contribution is -2.36. The van der Waals surface area contributed by atoms with E-state index in [1.807, 2.05) is 0 Å². The van der Waals surface area contributed by atoms with Crippen molar-refractivity contribution in [3.63, 3.8) is 0 Å². The highest BCUT2D eigenvalue weighted by atomic mass is 35.5. The van der Waals surface area contributed by atoms with Crippen LogP contribution in [-0.2, 0) is 0 Å². The standard InChI is InChI=1S/C21H25ClN2O2/c1-15-5-7-16(8-6-15)19(24-11-3-4-12-24)14-23-21(25)17-9-10-20(26-2)18(22)13-17/h5-10,13,19H,3-4,11-12,14H2,1-2H3,(H,23,25). The molecule has 26 heavy (non-hydrogen) atoms. The van der Waals surface area contributed by atoms with E-state index in [9.17, 15) is 4.79 Å². The lowest BCUT2D eigenvalue weighted by molar-refractivity contribution is 0.0938. The van der Waals surface area contributed by atoms with Crippen molar-refractivity contribution in [1.82, 2.24) is 10.2 Å². The van der Waals surface area contributed by atoms with Gasteiger partial charge in [0.05, 0.1) is 18.2 Å². The van der Waals surface area contributed by atoms with Gasteiger partial charge in [-0.3, -0.25) is 9.69 Å². The van der Waals surface area contributed by atoms with Gasteiger partial charge in [-0.15, -0.1) is 0 Å². The summed E-state index contributed by atoms with van der Waals surface area (Å²) in [6.07, 6.45) is 2.43. The smallest absolute Gasteiger partial charge is 0.251 e. The molecule has 138 valence electrons. The molecule has 0 aliphatic carbocycles. The predicted molar refractivity (Wildman–Crippen MR) is 105 cm³/mol. The number of benzene rings is 2. The second kappa shape index (κ2) is 8.56. The number of rotatable bonds is 6. The molecule has 0 saturated carbocycles. The second-order valence-electron chi connectivity index (χ2n) is 6.73. The van der Waals surface area contributed by atoms with Crippen LogP contribution in [-0.4, -0.2) is 37.6 Å². The van der Waals surface area contributed by atoms with E-state index < -0.39 is 0 Å². The number of ether oxygens (including phenoxy) is 1. The van der Waals surface area contributed by atoms with Crippen LogP contribution in [0.25, 0.3) is 0 Å². The zero-order valence-electron chi connectivity index (χ0n) is 15.3. The Morgan fingerprint density at radius 1 is 1.19 bits per heavy atom. The zero-order chi connectivity index (χ0) is 18.5. The minimum absolute atomic E-state index is 0.120. The monoisotopic (exact) mass is 372 g/mol. The van der Waals surface area contributed by atoms with Crippen molar-refractivity contribution in [2.24, 2.45) is 0 Å². The van der Waals surface area contributed by atoms with E-state index in [0.717, 1.165) is 13.1 Å². The molecule has 1 atom stereocenters. The summed E-state index contributed by atoms with van der Waals surface area (Å²) in [5.74, 6) is 0.448. The van der Waals surface area contributed by atoms with E-state index in [1.54, 1.807) is 25.3 Å². The SMILES string of the molecule is COc1ccc(C(=O)NCC(c2ccc(C)cc2)N2CCCC2)cc1Cl. The summed E-state index contributed by atoms with van der Waals surface area (Å²) in [4.78, 5) is 15.0. The van der Waals surface area contributed by atoms with E-state index in [2.05, 4.69) is 41.4 Å². The Bertz CT molecular complexity index is 755. The number of methoxy groups -OCH3 is 1. The Kier molecular flexibility index (Phi) is 6.17. The van der Waals surface area contributed by atoms with E-state index in [4.69, 9.17) is 16.3 Å². The van der Waals surface area contributed by atoms with Crippen LogP contribution in [0.1, 0.15) is 40.4 Å². The third-order valence-electron chi connectivity index (χ3n) is 4.91. The summed E-state index contributed by atoms with van der Waals surface area (Å²) >= 11 is 6.14. The molecule has 1 amide bonds. The quantitative estimate of drug-likeness (QED) is 0.825. The van der Waals surface area contributed by atoms with Crippen LogP contribution >= 0.6 is 11.6 Å². The molecule has 1 N–H and O–H groups in total. The van der Waals surface area contributed by atoms with Crippen LogP contribution in [0, 0.1) is 6.92 Å². The maximum Gasteiger partial charge on any atom is 0.251 e. The van der Waals surface area contributed by atoms with E-state index in [1.165, 1.54) is 24.0 Å². The van der Waals surface area contributed by atoms with E-state index in [0.29, 0.717) is 22.9 Å². The number of nitrogens with one attached hydrogen (secondary N) is 1. The molecule has 1 heterocycles. The molecule has 2 aromatic rings. The van der Waals surface area contributed by atoms with E-state index >= 15 is 0 Å². The van der Waals surface area contributed by atoms with Crippen LogP contribution in [0.5, 0.6) is 5.75 Å². The van der Waals surface area contributed by atoms with Gasteiger partial charge in [-0.1, -0.05) is 41.4 Å². The molecule has 1 aliphatic heterocycles. The fraction of sp³-hybridized carbons (Fsp3) is 0.381. The minimum atomic E-state index is -0.120. The molecule has 3 rings (SSSR count). The Labute approximate surface area is 160 Å². The number of nitrogens with zero attached hydrogens (tertiary/aromatic N) is 1. The Morgan fingerprint density at radius 3 is 2.50 bits per heavy atom. The van der Waals surface area contributed by atoms with Crippen molar-refractivity contribution in [3.05, 3.63) is 64.2 Å². The van der Waals surface area contributed by atoms with Crippen LogP contribution in [0.4, 0.5) is 0 Å². The Morgan fingerprint density at radius 2 is 1.88 bits per heavy atom. The average Bonchev–Trinajstić information content (AvgIpc) is 3.17. The van der Waals surface area contributed by atoms with Gasteiger partial charge in [0.1, 0.15) is 5.75 Å². The maximum atomic E-state index is 12.6. The molecule has 4 nitrogen and oxygen atoms in total. The van der Waals surface area contributed by atoms with Gasteiger partial charge in [0.2, 0.25) is 0 Å². The lowest BCUT2D eigenvalue weighted by atomic mass is 10.0. The highest BCUT2D eigenvalue weighted by molar-refractivity contribution is 6.32. The molecule has 1 fully saturated rings. The van der Waals surface area contributed by atoms with Crippen molar-refractivity contribution >= 4 is 17.5 Å². The Balaban J connectivity index is 1.71. The zero-order valence-corrected chi connectivity index (χ0v) is 16.1. The average molecular weight is 373 g/mol. The summed E-state index contributed by atoms with van der Waals surface area (Å²) in [5.41, 5.74) is 3.02. The van der Waals surface area contributed by atoms with Gasteiger partial charge < -0.3 is 10.1 Å². The topological polar surface area (TPSA) is 41.6 Å². The first-order valence-electron chi connectivity index (χ1n) is 9.01. The third-order valence-corrected chi connectivity index (χ3v) is 5.21. The van der Waals surface area contributed by atoms with Gasteiger partial charge >= 0.3 is 0 Å². The predicted octanol–water partition coefficient (Wildman–Crippen LogP) is 4.22. The summed E-state index contributed by atoms with van der Waals surface area (Å²) in [6.45, 7) is 4.81. The van der Waals surface area contributed by atoms with Gasteiger partial charge in [0, 0.05) is 12.1 Å². The number of halogens is 1. The molecular formula is C21H25ClN2O2. The van der Waals surface area contributed by atoms with Crippen molar-refractivity contribution < 1.29 is 9.53 Å². The first kappa shape index (κ1) is 18.7. The van der Waals surface area contributed by atoms with Crippen molar-refractivity contribution in [1.29, 1.82) is 0 Å². The summed E-state index contributed by atoms with van der Waals surface area (Å²) in [5, 5.41) is 3.51. The van der Waals surface area contributed by atoms with Gasteiger partial charge in [0.25, 0.3) is 5.91 Å². The van der Waals surface area contributed by atoms with Gasteiger partial charge in [-0.05, 0) is 56.6 Å². The van der Waals surface area contributed by atoms with Crippen molar-refractivity contribution in [2.45, 2.75) is 25.8 Å². The molecule has 0 aromatic heterocycles. The van der Waals surface area contributed by atoms with Gasteiger partial charge in [-0.2, -0.15) is 0 Å². The van der Waals surface area contributed by atoms with Crippen LogP contribution in [0.2, 0.25) is 5.02 Å². The molecule has 1 saturated heterocycles. The maximum absolute atomic E-state index is 12.6. The largest absolute Gasteiger partial charge is 0.495 e. The van der Waals surface area contributed by atoms with Gasteiger partial charge in [0.15, 0.2) is 0 Å². The molecule has 0 spiro atoms. The summed E-state index contributed by atoms with van der Waals surface area (Å²) in [6, 6.07) is 13.9. The van der Waals surface area contributed by atoms with Crippen molar-refractivity contribution in [2.75, 3.05) is 26.7 Å². The normalized spacial score (nSPS) is 15.7. The van der Waals surface area contributed by atoms with Crippen LogP contribution in [0.15, 0.2) is 42.5 Å². The number of carbonyl (C=O) groups excluding carboxylic acids is 1. The number of aryl methyl sites for hydroxylation is 1. The summed E-state index contributed by atoms with van der Waals surface area (Å²) < 4.78 is 5.14. The number of likely N-dealkylation sites (tertiary alicyclic amines) is 1. The van der Waals surface area contributed by atoms with E-state index in [-0.39, 0.29) is 11.9 Å². The molecule has 2 aromatic carbocycles. The van der Waals surface area contributed by atoms with Crippen LogP contribution < -0.4 is 10.1 Å². The number of hydrogen-bond acceptors (Lipinski definition) is 3. The number of amides is 1. The second-order valence-corrected chi connectivity index (χ2v) is 7.14. The highest BCUT2D eigenvalue weighted by Gasteiger charge is 2.24. The van der Waals surface area contributed by atoms with Crippen molar-refractivity contribution in [3.8, 4) is 5.75 Å². The minimum Gasteiger partial charge on any atom is -0.495 e. The summed E-state index contributed by atoms with van der Waals surface area (Å²) in [7, 11) is 1.56. The van der Waals surface area contributed by atoms with Crippen LogP contribution in [0.3, 0.4) is 0 Å². The first-order chi connectivity index (χ1) is 12.6. The molecule has 1 aliphatic rings. The first-order valence-corrected chi connectivity index (χ1v) is 9.38. The third kappa shape index (κ3) is 4.37. The highest BCUT2D eigenvalue weighted by Crippen LogP contribution is 2.26.